The predicted octanol–water partition coefficient (Wildman–Crippen LogP) is 3.97. The maximum absolute atomic E-state index is 6.15. The quantitative estimate of drug-likeness (QED) is 0.751. The lowest BCUT2D eigenvalue weighted by Gasteiger charge is -2.50. The van der Waals surface area contributed by atoms with Gasteiger partial charge in [0.2, 0.25) is 0 Å². The summed E-state index contributed by atoms with van der Waals surface area (Å²) in [4.78, 5) is 0. The Hall–Kier alpha value is -0.0400. The third-order valence-corrected chi connectivity index (χ3v) is 5.10. The van der Waals surface area contributed by atoms with E-state index in [9.17, 15) is 0 Å². The summed E-state index contributed by atoms with van der Waals surface area (Å²) in [5.74, 6) is 0.795. The molecular formula is C14H29N. The lowest BCUT2D eigenvalue weighted by molar-refractivity contribution is 0.00533. The highest BCUT2D eigenvalue weighted by Crippen LogP contribution is 2.52. The number of rotatable bonds is 3. The molecule has 0 aliphatic heterocycles. The molecule has 2 atom stereocenters. The van der Waals surface area contributed by atoms with E-state index in [0.29, 0.717) is 16.9 Å². The van der Waals surface area contributed by atoms with Crippen LogP contribution in [0.5, 0.6) is 0 Å². The van der Waals surface area contributed by atoms with Crippen LogP contribution >= 0.6 is 0 Å². The Morgan fingerprint density at radius 3 is 2.27 bits per heavy atom. The predicted molar refractivity (Wildman–Crippen MR) is 67.8 cm³/mol. The molecular weight excluding hydrogens is 182 g/mol. The molecule has 0 heterocycles. The summed E-state index contributed by atoms with van der Waals surface area (Å²) in [6.45, 7) is 12.0. The van der Waals surface area contributed by atoms with Crippen LogP contribution in [0.1, 0.15) is 66.7 Å². The van der Waals surface area contributed by atoms with Crippen LogP contribution in [-0.2, 0) is 0 Å². The van der Waals surface area contributed by atoms with Gasteiger partial charge in [0.15, 0.2) is 0 Å². The van der Waals surface area contributed by atoms with E-state index in [-0.39, 0.29) is 0 Å². The van der Waals surface area contributed by atoms with Gasteiger partial charge >= 0.3 is 0 Å². The minimum absolute atomic E-state index is 0.445. The fourth-order valence-electron chi connectivity index (χ4n) is 3.44. The zero-order valence-corrected chi connectivity index (χ0v) is 11.3. The highest BCUT2D eigenvalue weighted by Gasteiger charge is 2.44. The van der Waals surface area contributed by atoms with E-state index < -0.39 is 0 Å². The molecule has 1 heteroatoms. The molecule has 1 fully saturated rings. The summed E-state index contributed by atoms with van der Waals surface area (Å²) in [5, 5.41) is 0. The van der Waals surface area contributed by atoms with Gasteiger partial charge in [-0.3, -0.25) is 0 Å². The van der Waals surface area contributed by atoms with Gasteiger partial charge in [-0.15, -0.1) is 0 Å². The molecule has 1 rings (SSSR count). The largest absolute Gasteiger partial charge is 0.328 e. The maximum atomic E-state index is 6.15. The molecule has 2 N–H and O–H groups in total. The van der Waals surface area contributed by atoms with Crippen molar-refractivity contribution < 1.29 is 0 Å². The van der Waals surface area contributed by atoms with Crippen molar-refractivity contribution in [2.45, 2.75) is 72.8 Å². The molecule has 0 aromatic rings. The summed E-state index contributed by atoms with van der Waals surface area (Å²) in [6.07, 6.45) is 6.31. The highest BCUT2D eigenvalue weighted by molar-refractivity contribution is 4.95. The molecule has 1 aliphatic rings. The summed E-state index contributed by atoms with van der Waals surface area (Å²) >= 11 is 0. The molecule has 0 spiro atoms. The van der Waals surface area contributed by atoms with E-state index in [1.54, 1.807) is 0 Å². The van der Waals surface area contributed by atoms with Crippen LogP contribution in [0.15, 0.2) is 0 Å². The topological polar surface area (TPSA) is 26.0 Å². The van der Waals surface area contributed by atoms with Gasteiger partial charge < -0.3 is 5.73 Å². The molecule has 15 heavy (non-hydrogen) atoms. The molecule has 0 bridgehead atoms. The van der Waals surface area contributed by atoms with Crippen LogP contribution in [0.2, 0.25) is 0 Å². The average Bonchev–Trinajstić information content (AvgIpc) is 2.21. The number of nitrogens with two attached hydrogens (primary N) is 1. The SMILES string of the molecule is CCC(C)(CC)C1CC(N)CCC1(C)C. The molecule has 0 amide bonds. The van der Waals surface area contributed by atoms with Crippen LogP contribution in [-0.4, -0.2) is 6.04 Å². The van der Waals surface area contributed by atoms with Crippen LogP contribution in [0.4, 0.5) is 0 Å². The molecule has 0 aromatic carbocycles. The second-order valence-electron chi connectivity index (χ2n) is 6.44. The minimum Gasteiger partial charge on any atom is -0.328 e. The Labute approximate surface area is 95.8 Å². The van der Waals surface area contributed by atoms with Crippen molar-refractivity contribution in [3.8, 4) is 0 Å². The van der Waals surface area contributed by atoms with Crippen LogP contribution in [0, 0.1) is 16.7 Å². The molecule has 0 aromatic heterocycles. The van der Waals surface area contributed by atoms with E-state index in [1.807, 2.05) is 0 Å². The van der Waals surface area contributed by atoms with Crippen molar-refractivity contribution in [3.05, 3.63) is 0 Å². The first kappa shape index (κ1) is 13.0. The van der Waals surface area contributed by atoms with Gasteiger partial charge in [0.1, 0.15) is 0 Å². The first-order valence-corrected chi connectivity index (χ1v) is 6.61. The van der Waals surface area contributed by atoms with Crippen LogP contribution in [0.25, 0.3) is 0 Å². The number of hydrogen-bond acceptors (Lipinski definition) is 1. The molecule has 90 valence electrons. The monoisotopic (exact) mass is 211 g/mol. The van der Waals surface area contributed by atoms with E-state index in [1.165, 1.54) is 32.1 Å². The second-order valence-corrected chi connectivity index (χ2v) is 6.44. The Kier molecular flexibility index (Phi) is 3.86. The van der Waals surface area contributed by atoms with Crippen molar-refractivity contribution >= 4 is 0 Å². The summed E-state index contributed by atoms with van der Waals surface area (Å²) in [6, 6.07) is 0.445. The summed E-state index contributed by atoms with van der Waals surface area (Å²) in [7, 11) is 0. The molecule has 1 nitrogen and oxygen atoms in total. The van der Waals surface area contributed by atoms with Crippen molar-refractivity contribution in [3.63, 3.8) is 0 Å². The first-order chi connectivity index (χ1) is 6.85. The molecule has 2 unspecified atom stereocenters. The normalized spacial score (nSPS) is 31.6. The third-order valence-electron chi connectivity index (χ3n) is 5.10. The Morgan fingerprint density at radius 2 is 1.80 bits per heavy atom. The van der Waals surface area contributed by atoms with E-state index >= 15 is 0 Å². The Balaban J connectivity index is 2.88. The van der Waals surface area contributed by atoms with Gasteiger partial charge in [0.25, 0.3) is 0 Å². The van der Waals surface area contributed by atoms with Crippen molar-refractivity contribution in [2.24, 2.45) is 22.5 Å². The highest BCUT2D eigenvalue weighted by atomic mass is 14.7. The van der Waals surface area contributed by atoms with Crippen molar-refractivity contribution in [2.75, 3.05) is 0 Å². The lowest BCUT2D eigenvalue weighted by atomic mass is 9.55. The van der Waals surface area contributed by atoms with Crippen molar-refractivity contribution in [1.29, 1.82) is 0 Å². The van der Waals surface area contributed by atoms with Crippen molar-refractivity contribution in [1.82, 2.24) is 0 Å². The van der Waals surface area contributed by atoms with Gasteiger partial charge in [-0.25, -0.2) is 0 Å². The smallest absolute Gasteiger partial charge is 0.00420 e. The zero-order chi connectivity index (χ0) is 11.7. The van der Waals surface area contributed by atoms with Gasteiger partial charge in [0.05, 0.1) is 0 Å². The molecule has 0 radical (unpaired) electrons. The van der Waals surface area contributed by atoms with Crippen LogP contribution in [0.3, 0.4) is 0 Å². The summed E-state index contributed by atoms with van der Waals surface area (Å²) in [5.41, 5.74) is 7.12. The van der Waals surface area contributed by atoms with Gasteiger partial charge in [0, 0.05) is 6.04 Å². The third kappa shape index (κ3) is 2.55. The van der Waals surface area contributed by atoms with E-state index in [0.717, 1.165) is 5.92 Å². The first-order valence-electron chi connectivity index (χ1n) is 6.61. The molecule has 0 saturated heterocycles. The molecule has 1 aliphatic carbocycles. The molecule has 1 saturated carbocycles. The zero-order valence-electron chi connectivity index (χ0n) is 11.3. The average molecular weight is 211 g/mol. The maximum Gasteiger partial charge on any atom is 0.00420 e. The van der Waals surface area contributed by atoms with E-state index in [2.05, 4.69) is 34.6 Å². The standard InChI is InChI=1S/C14H29N/c1-6-14(5,7-2)12-10-11(15)8-9-13(12,3)4/h11-12H,6-10,15H2,1-5H3. The van der Waals surface area contributed by atoms with Gasteiger partial charge in [-0.2, -0.15) is 0 Å². The van der Waals surface area contributed by atoms with Gasteiger partial charge in [-0.05, 0) is 36.0 Å². The fourth-order valence-corrected chi connectivity index (χ4v) is 3.44. The number of hydrogen-bond donors (Lipinski definition) is 1. The second kappa shape index (κ2) is 4.45. The summed E-state index contributed by atoms with van der Waals surface area (Å²) < 4.78 is 0. The Morgan fingerprint density at radius 1 is 1.27 bits per heavy atom. The van der Waals surface area contributed by atoms with Crippen LogP contribution < -0.4 is 5.73 Å². The fraction of sp³-hybridized carbons (Fsp3) is 1.00. The Bertz CT molecular complexity index is 203. The van der Waals surface area contributed by atoms with Gasteiger partial charge in [-0.1, -0.05) is 47.5 Å². The lowest BCUT2D eigenvalue weighted by Crippen LogP contribution is -2.45. The van der Waals surface area contributed by atoms with E-state index in [4.69, 9.17) is 5.73 Å². The minimum atomic E-state index is 0.445.